The van der Waals surface area contributed by atoms with Gasteiger partial charge in [-0.1, -0.05) is 6.92 Å². The lowest BCUT2D eigenvalue weighted by atomic mass is 10.1. The van der Waals surface area contributed by atoms with Gasteiger partial charge >= 0.3 is 6.18 Å². The third-order valence-corrected chi connectivity index (χ3v) is 4.47. The molecule has 0 saturated carbocycles. The molecule has 22 heavy (non-hydrogen) atoms. The summed E-state index contributed by atoms with van der Waals surface area (Å²) in [4.78, 5) is 9.68. The van der Waals surface area contributed by atoms with E-state index in [4.69, 9.17) is 4.42 Å². The Kier molecular flexibility index (Phi) is 3.98. The molecule has 1 atom stereocenters. The van der Waals surface area contributed by atoms with E-state index in [0.717, 1.165) is 0 Å². The number of amides is 1. The summed E-state index contributed by atoms with van der Waals surface area (Å²) in [6, 6.07) is 2.40. The molecule has 0 aliphatic carbocycles. The average molecular weight is 338 g/mol. The van der Waals surface area contributed by atoms with Crippen LogP contribution in [0.15, 0.2) is 27.2 Å². The molecule has 1 aliphatic heterocycles. The summed E-state index contributed by atoms with van der Waals surface area (Å²) in [5, 5.41) is 2.33. The van der Waals surface area contributed by atoms with Gasteiger partial charge in [-0.3, -0.25) is 4.79 Å². The lowest BCUT2D eigenvalue weighted by molar-refractivity contribution is -0.116. The van der Waals surface area contributed by atoms with Crippen molar-refractivity contribution in [2.45, 2.75) is 32.5 Å². The molecule has 0 fully saturated rings. The van der Waals surface area contributed by atoms with Gasteiger partial charge < -0.3 is 9.73 Å². The van der Waals surface area contributed by atoms with E-state index in [-0.39, 0.29) is 6.42 Å². The quantitative estimate of drug-likeness (QED) is 0.875. The van der Waals surface area contributed by atoms with Crippen molar-refractivity contribution in [1.29, 1.82) is 0 Å². The Morgan fingerprint density at radius 3 is 2.45 bits per heavy atom. The number of rotatable bonds is 4. The zero-order valence-electron chi connectivity index (χ0n) is 11.6. The maximum Gasteiger partial charge on any atom is 0.431 e. The summed E-state index contributed by atoms with van der Waals surface area (Å²) < 4.78 is 68.4. The van der Waals surface area contributed by atoms with Crippen LogP contribution in [-0.2, 0) is 14.8 Å². The number of furan rings is 1. The van der Waals surface area contributed by atoms with Gasteiger partial charge in [0.1, 0.15) is 17.2 Å². The van der Waals surface area contributed by atoms with Crippen molar-refractivity contribution in [3.05, 3.63) is 34.3 Å². The summed E-state index contributed by atoms with van der Waals surface area (Å²) in [7, 11) is -4.91. The number of carbonyl (C=O) groups is 1. The Balaban J connectivity index is 2.46. The molecule has 2 heterocycles. The second-order valence-electron chi connectivity index (χ2n) is 4.69. The molecule has 122 valence electrons. The second-order valence-corrected chi connectivity index (χ2v) is 6.31. The van der Waals surface area contributed by atoms with Crippen LogP contribution in [0, 0.1) is 6.92 Å². The maximum atomic E-state index is 12.9. The van der Waals surface area contributed by atoms with Crippen LogP contribution in [0.1, 0.15) is 30.9 Å². The normalized spacial score (nSPS) is 19.2. The standard InChI is InChI=1S/C12H13F3N2O4S/c1-3-7(8-5-4-6(2)21-8)16-9-10(12(13,14)15)22(19,20)17-11(9)18/h4-5,7,16H,3H2,1-2H3,(H,17,18). The van der Waals surface area contributed by atoms with Gasteiger partial charge in [0, 0.05) is 0 Å². The minimum absolute atomic E-state index is 0.287. The molecule has 2 rings (SSSR count). The number of carbonyl (C=O) groups excluding carboxylic acids is 1. The van der Waals surface area contributed by atoms with E-state index in [2.05, 4.69) is 5.32 Å². The summed E-state index contributed by atoms with van der Waals surface area (Å²) in [5.74, 6) is -0.482. The molecule has 1 aliphatic rings. The van der Waals surface area contributed by atoms with Crippen molar-refractivity contribution in [2.75, 3.05) is 0 Å². The minimum Gasteiger partial charge on any atom is -0.464 e. The first-order valence-electron chi connectivity index (χ1n) is 6.27. The second kappa shape index (κ2) is 5.34. The van der Waals surface area contributed by atoms with E-state index in [0.29, 0.717) is 11.5 Å². The number of halogens is 3. The SMILES string of the molecule is CCC(NC1=C(C(F)(F)F)S(=O)(=O)NC1=O)c1ccc(C)o1. The van der Waals surface area contributed by atoms with Crippen LogP contribution in [0.5, 0.6) is 0 Å². The van der Waals surface area contributed by atoms with Gasteiger partial charge in [0.05, 0.1) is 6.04 Å². The molecule has 1 amide bonds. The Morgan fingerprint density at radius 1 is 1.36 bits per heavy atom. The van der Waals surface area contributed by atoms with E-state index in [9.17, 15) is 26.4 Å². The van der Waals surface area contributed by atoms with E-state index in [1.807, 2.05) is 0 Å². The van der Waals surface area contributed by atoms with Gasteiger partial charge in [0.2, 0.25) is 0 Å². The number of allylic oxidation sites excluding steroid dienone is 1. The first-order valence-corrected chi connectivity index (χ1v) is 7.76. The highest BCUT2D eigenvalue weighted by molar-refractivity contribution is 7.94. The molecule has 0 saturated heterocycles. The predicted molar refractivity (Wildman–Crippen MR) is 69.8 cm³/mol. The van der Waals surface area contributed by atoms with Crippen molar-refractivity contribution in [3.63, 3.8) is 0 Å². The van der Waals surface area contributed by atoms with E-state index < -0.39 is 38.8 Å². The lowest BCUT2D eigenvalue weighted by Crippen LogP contribution is -2.29. The first-order chi connectivity index (χ1) is 10.1. The zero-order chi connectivity index (χ0) is 16.7. The van der Waals surface area contributed by atoms with Crippen LogP contribution in [0.4, 0.5) is 13.2 Å². The van der Waals surface area contributed by atoms with Gasteiger partial charge in [-0.05, 0) is 25.5 Å². The number of sulfonamides is 1. The highest BCUT2D eigenvalue weighted by Gasteiger charge is 2.52. The molecule has 6 nitrogen and oxygen atoms in total. The molecule has 0 spiro atoms. The molecular formula is C12H13F3N2O4S. The van der Waals surface area contributed by atoms with Crippen molar-refractivity contribution < 1.29 is 30.8 Å². The molecular weight excluding hydrogens is 325 g/mol. The molecule has 0 aromatic carbocycles. The van der Waals surface area contributed by atoms with Crippen LogP contribution in [-0.4, -0.2) is 20.5 Å². The summed E-state index contributed by atoms with van der Waals surface area (Å²) in [6.07, 6.45) is -4.90. The van der Waals surface area contributed by atoms with Gasteiger partial charge in [-0.2, -0.15) is 13.2 Å². The highest BCUT2D eigenvalue weighted by Crippen LogP contribution is 2.35. The van der Waals surface area contributed by atoms with Crippen LogP contribution in [0.3, 0.4) is 0 Å². The topological polar surface area (TPSA) is 88.4 Å². The van der Waals surface area contributed by atoms with Gasteiger partial charge in [-0.25, -0.2) is 13.1 Å². The molecule has 10 heteroatoms. The molecule has 1 aromatic rings. The number of hydrogen-bond donors (Lipinski definition) is 2. The third kappa shape index (κ3) is 2.96. The number of aryl methyl sites for hydroxylation is 1. The van der Waals surface area contributed by atoms with Gasteiger partial charge in [0.15, 0.2) is 4.91 Å². The van der Waals surface area contributed by atoms with Crippen molar-refractivity contribution in [2.24, 2.45) is 0 Å². The molecule has 1 aromatic heterocycles. The van der Waals surface area contributed by atoms with Crippen molar-refractivity contribution in [1.82, 2.24) is 10.0 Å². The molecule has 0 bridgehead atoms. The number of hydrogen-bond acceptors (Lipinski definition) is 5. The van der Waals surface area contributed by atoms with Crippen molar-refractivity contribution >= 4 is 15.9 Å². The van der Waals surface area contributed by atoms with Gasteiger partial charge in [-0.15, -0.1) is 0 Å². The van der Waals surface area contributed by atoms with Crippen LogP contribution >= 0.6 is 0 Å². The maximum absolute atomic E-state index is 12.9. The molecule has 1 unspecified atom stereocenters. The summed E-state index contributed by atoms with van der Waals surface area (Å²) in [6.45, 7) is 3.31. The number of nitrogens with one attached hydrogen (secondary N) is 2. The van der Waals surface area contributed by atoms with Crippen LogP contribution < -0.4 is 10.0 Å². The highest BCUT2D eigenvalue weighted by atomic mass is 32.2. The Bertz CT molecular complexity index is 734. The summed E-state index contributed by atoms with van der Waals surface area (Å²) >= 11 is 0. The Morgan fingerprint density at radius 2 is 2.00 bits per heavy atom. The first kappa shape index (κ1) is 16.4. The van der Waals surface area contributed by atoms with Crippen molar-refractivity contribution in [3.8, 4) is 0 Å². The zero-order valence-corrected chi connectivity index (χ0v) is 12.4. The minimum atomic E-state index is -5.18. The predicted octanol–water partition coefficient (Wildman–Crippen LogP) is 1.86. The molecule has 0 radical (unpaired) electrons. The van der Waals surface area contributed by atoms with E-state index in [1.54, 1.807) is 26.0 Å². The fourth-order valence-electron chi connectivity index (χ4n) is 2.08. The Hall–Kier alpha value is -1.97. The van der Waals surface area contributed by atoms with E-state index in [1.165, 1.54) is 4.72 Å². The lowest BCUT2D eigenvalue weighted by Gasteiger charge is -2.17. The fraction of sp³-hybridized carbons (Fsp3) is 0.417. The largest absolute Gasteiger partial charge is 0.464 e. The smallest absolute Gasteiger partial charge is 0.431 e. The average Bonchev–Trinajstić information content (AvgIpc) is 2.86. The third-order valence-electron chi connectivity index (χ3n) is 3.04. The molecule has 2 N–H and O–H groups in total. The van der Waals surface area contributed by atoms with Crippen LogP contribution in [0.25, 0.3) is 0 Å². The number of alkyl halides is 3. The monoisotopic (exact) mass is 338 g/mol. The van der Waals surface area contributed by atoms with Crippen LogP contribution in [0.2, 0.25) is 0 Å². The fourth-order valence-corrected chi connectivity index (χ4v) is 3.25. The van der Waals surface area contributed by atoms with E-state index >= 15 is 0 Å². The summed E-state index contributed by atoms with van der Waals surface area (Å²) in [5.41, 5.74) is -1.02. The van der Waals surface area contributed by atoms with Gasteiger partial charge in [0.25, 0.3) is 15.9 Å². The Labute approximate surface area is 124 Å².